The molecule has 5 heteroatoms. The number of imidazole rings is 1. The molecule has 100 valence electrons. The predicted octanol–water partition coefficient (Wildman–Crippen LogP) is 1.74. The van der Waals surface area contributed by atoms with Gasteiger partial charge in [0.1, 0.15) is 12.4 Å². The lowest BCUT2D eigenvalue weighted by atomic mass is 10.2. The van der Waals surface area contributed by atoms with Gasteiger partial charge in [-0.05, 0) is 6.92 Å². The van der Waals surface area contributed by atoms with Crippen molar-refractivity contribution >= 4 is 6.21 Å². The van der Waals surface area contributed by atoms with Crippen molar-refractivity contribution in [2.24, 2.45) is 12.2 Å². The summed E-state index contributed by atoms with van der Waals surface area (Å²) in [5, 5.41) is 12.4. The summed E-state index contributed by atoms with van der Waals surface area (Å²) in [6.45, 7) is 2.08. The standard InChI is InChI=1S/C14H17N3O2/c1-11-13(10-15-19-9-8-18)17(2)14(16-11)12-6-4-3-5-7-12/h3-7,10,18H,8-9H2,1-2H3/b15-10+. The quantitative estimate of drug-likeness (QED) is 0.505. The van der Waals surface area contributed by atoms with Gasteiger partial charge in [-0.15, -0.1) is 0 Å². The minimum Gasteiger partial charge on any atom is -0.393 e. The largest absolute Gasteiger partial charge is 0.393 e. The highest BCUT2D eigenvalue weighted by Crippen LogP contribution is 2.19. The zero-order valence-corrected chi connectivity index (χ0v) is 11.1. The van der Waals surface area contributed by atoms with Gasteiger partial charge in [-0.25, -0.2) is 4.98 Å². The fourth-order valence-corrected chi connectivity index (χ4v) is 1.85. The molecule has 0 unspecified atom stereocenters. The van der Waals surface area contributed by atoms with Gasteiger partial charge in [0.25, 0.3) is 0 Å². The van der Waals surface area contributed by atoms with Crippen molar-refractivity contribution in [3.05, 3.63) is 41.7 Å². The van der Waals surface area contributed by atoms with Crippen molar-refractivity contribution in [2.45, 2.75) is 6.92 Å². The van der Waals surface area contributed by atoms with Crippen LogP contribution in [0, 0.1) is 6.92 Å². The van der Waals surface area contributed by atoms with Crippen LogP contribution in [0.3, 0.4) is 0 Å². The van der Waals surface area contributed by atoms with Crippen LogP contribution in [-0.2, 0) is 11.9 Å². The Kier molecular flexibility index (Phi) is 4.30. The maximum atomic E-state index is 8.61. The Balaban J connectivity index is 2.27. The van der Waals surface area contributed by atoms with E-state index in [0.29, 0.717) is 0 Å². The average Bonchev–Trinajstić information content (AvgIpc) is 2.72. The van der Waals surface area contributed by atoms with E-state index in [0.717, 1.165) is 22.8 Å². The van der Waals surface area contributed by atoms with Crippen LogP contribution in [0.5, 0.6) is 0 Å². The van der Waals surface area contributed by atoms with E-state index in [1.54, 1.807) is 6.21 Å². The van der Waals surface area contributed by atoms with Crippen LogP contribution in [-0.4, -0.2) is 34.1 Å². The second-order valence-corrected chi connectivity index (χ2v) is 4.12. The van der Waals surface area contributed by atoms with E-state index in [1.165, 1.54) is 0 Å². The molecule has 1 N–H and O–H groups in total. The molecule has 1 aromatic carbocycles. The molecule has 0 spiro atoms. The molecule has 2 rings (SSSR count). The van der Waals surface area contributed by atoms with E-state index >= 15 is 0 Å². The summed E-state index contributed by atoms with van der Waals surface area (Å²) in [7, 11) is 1.94. The van der Waals surface area contributed by atoms with E-state index in [4.69, 9.17) is 9.94 Å². The minimum atomic E-state index is -0.0447. The molecular weight excluding hydrogens is 242 g/mol. The van der Waals surface area contributed by atoms with Crippen LogP contribution in [0.4, 0.5) is 0 Å². The molecule has 0 bridgehead atoms. The Bertz CT molecular complexity index is 562. The fraction of sp³-hybridized carbons (Fsp3) is 0.286. The molecule has 2 aromatic rings. The lowest BCUT2D eigenvalue weighted by molar-refractivity contribution is 0.0997. The number of benzene rings is 1. The molecule has 0 radical (unpaired) electrons. The molecule has 0 saturated heterocycles. The van der Waals surface area contributed by atoms with Crippen LogP contribution in [0.25, 0.3) is 11.4 Å². The molecule has 0 amide bonds. The van der Waals surface area contributed by atoms with Crippen molar-refractivity contribution in [1.29, 1.82) is 0 Å². The number of aryl methyl sites for hydroxylation is 1. The van der Waals surface area contributed by atoms with Gasteiger partial charge < -0.3 is 14.5 Å². The van der Waals surface area contributed by atoms with Crippen LogP contribution >= 0.6 is 0 Å². The molecule has 5 nitrogen and oxygen atoms in total. The molecule has 1 heterocycles. The van der Waals surface area contributed by atoms with E-state index in [1.807, 2.05) is 48.9 Å². The first-order valence-corrected chi connectivity index (χ1v) is 6.09. The minimum absolute atomic E-state index is 0.0447. The number of aromatic nitrogens is 2. The molecule has 0 aliphatic rings. The van der Waals surface area contributed by atoms with Crippen molar-refractivity contribution < 1.29 is 9.94 Å². The first kappa shape index (κ1) is 13.3. The number of oxime groups is 1. The summed E-state index contributed by atoms with van der Waals surface area (Å²) in [4.78, 5) is 9.44. The molecule has 0 aliphatic carbocycles. The number of aliphatic hydroxyl groups is 1. The topological polar surface area (TPSA) is 59.6 Å². The smallest absolute Gasteiger partial charge is 0.140 e. The second kappa shape index (κ2) is 6.15. The summed E-state index contributed by atoms with van der Waals surface area (Å²) < 4.78 is 1.97. The highest BCUT2D eigenvalue weighted by Gasteiger charge is 2.11. The summed E-state index contributed by atoms with van der Waals surface area (Å²) in [5.41, 5.74) is 2.83. The van der Waals surface area contributed by atoms with Crippen LogP contribution < -0.4 is 0 Å². The summed E-state index contributed by atoms with van der Waals surface area (Å²) in [6, 6.07) is 9.98. The Morgan fingerprint density at radius 1 is 1.37 bits per heavy atom. The van der Waals surface area contributed by atoms with Gasteiger partial charge in [-0.2, -0.15) is 0 Å². The van der Waals surface area contributed by atoms with Gasteiger partial charge in [-0.3, -0.25) is 0 Å². The zero-order valence-electron chi connectivity index (χ0n) is 11.1. The Morgan fingerprint density at radius 3 is 2.79 bits per heavy atom. The normalized spacial score (nSPS) is 11.1. The maximum absolute atomic E-state index is 8.61. The SMILES string of the molecule is Cc1nc(-c2ccccc2)n(C)c1/C=N/OCCO. The lowest BCUT2D eigenvalue weighted by Gasteiger charge is -2.03. The fourth-order valence-electron chi connectivity index (χ4n) is 1.85. The molecule has 19 heavy (non-hydrogen) atoms. The first-order chi connectivity index (χ1) is 9.24. The molecule has 0 fully saturated rings. The Hall–Kier alpha value is -2.14. The van der Waals surface area contributed by atoms with Gasteiger partial charge in [0.05, 0.1) is 24.2 Å². The molecule has 0 atom stereocenters. The van der Waals surface area contributed by atoms with Crippen LogP contribution in [0.1, 0.15) is 11.4 Å². The molecule has 0 saturated carbocycles. The highest BCUT2D eigenvalue weighted by atomic mass is 16.6. The third-order valence-corrected chi connectivity index (χ3v) is 2.79. The number of hydrogen-bond donors (Lipinski definition) is 1. The predicted molar refractivity (Wildman–Crippen MR) is 74.0 cm³/mol. The van der Waals surface area contributed by atoms with Gasteiger partial charge in [0.15, 0.2) is 0 Å². The molecular formula is C14H17N3O2. The molecule has 1 aromatic heterocycles. The van der Waals surface area contributed by atoms with Gasteiger partial charge in [0.2, 0.25) is 0 Å². The van der Waals surface area contributed by atoms with Gasteiger partial charge in [-0.1, -0.05) is 35.5 Å². The molecule has 0 aliphatic heterocycles. The number of nitrogens with zero attached hydrogens (tertiary/aromatic N) is 3. The number of hydrogen-bond acceptors (Lipinski definition) is 4. The van der Waals surface area contributed by atoms with Crippen molar-refractivity contribution in [2.75, 3.05) is 13.2 Å². The van der Waals surface area contributed by atoms with E-state index in [-0.39, 0.29) is 13.2 Å². The van der Waals surface area contributed by atoms with Crippen molar-refractivity contribution in [1.82, 2.24) is 9.55 Å². The third-order valence-electron chi connectivity index (χ3n) is 2.79. The van der Waals surface area contributed by atoms with Crippen LogP contribution in [0.2, 0.25) is 0 Å². The number of aliphatic hydroxyl groups excluding tert-OH is 1. The van der Waals surface area contributed by atoms with Crippen molar-refractivity contribution in [3.8, 4) is 11.4 Å². The lowest BCUT2D eigenvalue weighted by Crippen LogP contribution is -2.00. The van der Waals surface area contributed by atoms with Crippen LogP contribution in [0.15, 0.2) is 35.5 Å². The number of rotatable bonds is 5. The van der Waals surface area contributed by atoms with E-state index in [9.17, 15) is 0 Å². The van der Waals surface area contributed by atoms with Crippen molar-refractivity contribution in [3.63, 3.8) is 0 Å². The first-order valence-electron chi connectivity index (χ1n) is 6.09. The second-order valence-electron chi connectivity index (χ2n) is 4.12. The summed E-state index contributed by atoms with van der Waals surface area (Å²) in [6.07, 6.45) is 1.62. The van der Waals surface area contributed by atoms with E-state index < -0.39 is 0 Å². The summed E-state index contributed by atoms with van der Waals surface area (Å²) >= 11 is 0. The monoisotopic (exact) mass is 259 g/mol. The Morgan fingerprint density at radius 2 is 2.11 bits per heavy atom. The van der Waals surface area contributed by atoms with Gasteiger partial charge in [0, 0.05) is 12.6 Å². The maximum Gasteiger partial charge on any atom is 0.140 e. The van der Waals surface area contributed by atoms with Gasteiger partial charge >= 0.3 is 0 Å². The Labute approximate surface area is 112 Å². The third kappa shape index (κ3) is 3.00. The van der Waals surface area contributed by atoms with E-state index in [2.05, 4.69) is 10.1 Å². The highest BCUT2D eigenvalue weighted by molar-refractivity contribution is 5.80. The zero-order chi connectivity index (χ0) is 13.7. The summed E-state index contributed by atoms with van der Waals surface area (Å²) in [5.74, 6) is 0.890. The average molecular weight is 259 g/mol.